The molecule has 0 heterocycles. The predicted molar refractivity (Wildman–Crippen MR) is 54.5 cm³/mol. The van der Waals surface area contributed by atoms with Gasteiger partial charge in [0.05, 0.1) is 0 Å². The second-order valence-corrected chi connectivity index (χ2v) is 4.20. The summed E-state index contributed by atoms with van der Waals surface area (Å²) in [6.07, 6.45) is 4.04. The third-order valence-corrected chi connectivity index (χ3v) is 3.21. The third kappa shape index (κ3) is 2.56. The van der Waals surface area contributed by atoms with Crippen molar-refractivity contribution in [3.8, 4) is 0 Å². The van der Waals surface area contributed by atoms with E-state index in [1.165, 1.54) is 0 Å². The van der Waals surface area contributed by atoms with Crippen LogP contribution in [0.3, 0.4) is 0 Å². The molecule has 0 aromatic heterocycles. The van der Waals surface area contributed by atoms with Gasteiger partial charge >= 0.3 is 5.97 Å². The van der Waals surface area contributed by atoms with E-state index in [1.54, 1.807) is 0 Å². The first-order chi connectivity index (χ1) is 7.13. The number of rotatable bonds is 5. The van der Waals surface area contributed by atoms with Crippen molar-refractivity contribution < 1.29 is 19.8 Å². The zero-order valence-electron chi connectivity index (χ0n) is 8.87. The van der Waals surface area contributed by atoms with Crippen molar-refractivity contribution in [2.24, 2.45) is 5.41 Å². The molecule has 4 heteroatoms. The summed E-state index contributed by atoms with van der Waals surface area (Å²) < 4.78 is 0. The van der Waals surface area contributed by atoms with Gasteiger partial charge < -0.3 is 10.2 Å². The fourth-order valence-electron chi connectivity index (χ4n) is 2.23. The van der Waals surface area contributed by atoms with Crippen molar-refractivity contribution in [1.82, 2.24) is 0 Å². The molecule has 1 rings (SSSR count). The molecule has 1 fully saturated rings. The van der Waals surface area contributed by atoms with Crippen molar-refractivity contribution >= 4 is 11.8 Å². The lowest BCUT2D eigenvalue weighted by molar-refractivity contribution is -0.157. The second kappa shape index (κ2) is 5.26. The van der Waals surface area contributed by atoms with Gasteiger partial charge in [-0.15, -0.1) is 0 Å². The van der Waals surface area contributed by atoms with Gasteiger partial charge in [0.2, 0.25) is 0 Å². The number of carbonyl (C=O) groups excluding carboxylic acids is 1. The minimum Gasteiger partial charge on any atom is -0.480 e. The highest BCUT2D eigenvalue weighted by atomic mass is 16.4. The van der Waals surface area contributed by atoms with Crippen LogP contribution in [-0.2, 0) is 9.59 Å². The molecule has 0 amide bonds. The molecule has 1 aliphatic rings. The van der Waals surface area contributed by atoms with Crippen LogP contribution in [0.15, 0.2) is 0 Å². The molecule has 0 aromatic carbocycles. The SMILES string of the molecule is O=C(O)C1(CCCCO)CCCCC1=O. The summed E-state index contributed by atoms with van der Waals surface area (Å²) in [5.41, 5.74) is -1.15. The van der Waals surface area contributed by atoms with E-state index in [9.17, 15) is 14.7 Å². The van der Waals surface area contributed by atoms with Gasteiger partial charge in [0.1, 0.15) is 11.2 Å². The lowest BCUT2D eigenvalue weighted by Crippen LogP contribution is -2.41. The number of aliphatic hydroxyl groups is 1. The van der Waals surface area contributed by atoms with Crippen molar-refractivity contribution in [2.45, 2.75) is 44.9 Å². The van der Waals surface area contributed by atoms with Crippen molar-refractivity contribution in [2.75, 3.05) is 6.61 Å². The van der Waals surface area contributed by atoms with E-state index in [0.29, 0.717) is 32.1 Å². The molecule has 2 N–H and O–H groups in total. The molecule has 1 saturated carbocycles. The van der Waals surface area contributed by atoms with Gasteiger partial charge in [-0.2, -0.15) is 0 Å². The predicted octanol–water partition coefficient (Wildman–Crippen LogP) is 1.36. The zero-order valence-corrected chi connectivity index (χ0v) is 8.87. The van der Waals surface area contributed by atoms with Crippen LogP contribution in [0.1, 0.15) is 44.9 Å². The van der Waals surface area contributed by atoms with E-state index in [1.807, 2.05) is 0 Å². The molecule has 0 radical (unpaired) electrons. The van der Waals surface area contributed by atoms with Crippen LogP contribution in [0.25, 0.3) is 0 Å². The van der Waals surface area contributed by atoms with Crippen LogP contribution in [-0.4, -0.2) is 28.6 Å². The summed E-state index contributed by atoms with van der Waals surface area (Å²) in [5, 5.41) is 17.8. The Bertz CT molecular complexity index is 249. The van der Waals surface area contributed by atoms with Crippen LogP contribution >= 0.6 is 0 Å². The summed E-state index contributed by atoms with van der Waals surface area (Å²) in [7, 11) is 0. The monoisotopic (exact) mass is 214 g/mol. The van der Waals surface area contributed by atoms with E-state index in [-0.39, 0.29) is 12.4 Å². The van der Waals surface area contributed by atoms with Crippen LogP contribution in [0.4, 0.5) is 0 Å². The first-order valence-corrected chi connectivity index (χ1v) is 5.51. The molecule has 15 heavy (non-hydrogen) atoms. The van der Waals surface area contributed by atoms with Crippen molar-refractivity contribution in [3.05, 3.63) is 0 Å². The van der Waals surface area contributed by atoms with E-state index in [0.717, 1.165) is 12.8 Å². The number of hydrogen-bond acceptors (Lipinski definition) is 3. The normalized spacial score (nSPS) is 26.6. The van der Waals surface area contributed by atoms with E-state index < -0.39 is 11.4 Å². The Morgan fingerprint density at radius 1 is 1.33 bits per heavy atom. The maximum atomic E-state index is 11.7. The van der Waals surface area contributed by atoms with Gasteiger partial charge in [0.15, 0.2) is 0 Å². The first kappa shape index (κ1) is 12.2. The number of Topliss-reactive ketones (excluding diaryl/α,β-unsaturated/α-hetero) is 1. The molecule has 0 saturated heterocycles. The van der Waals surface area contributed by atoms with Crippen LogP contribution in [0, 0.1) is 5.41 Å². The summed E-state index contributed by atoms with van der Waals surface area (Å²) in [6.45, 7) is 0.0594. The highest BCUT2D eigenvalue weighted by molar-refractivity contribution is 6.03. The Labute approximate surface area is 89.3 Å². The lowest BCUT2D eigenvalue weighted by atomic mass is 9.70. The number of carbonyl (C=O) groups is 2. The highest BCUT2D eigenvalue weighted by Gasteiger charge is 2.45. The van der Waals surface area contributed by atoms with Gasteiger partial charge in [-0.3, -0.25) is 9.59 Å². The summed E-state index contributed by atoms with van der Waals surface area (Å²) >= 11 is 0. The molecule has 0 aliphatic heterocycles. The zero-order chi connectivity index (χ0) is 11.3. The average molecular weight is 214 g/mol. The number of unbranched alkanes of at least 4 members (excludes halogenated alkanes) is 1. The molecular formula is C11H18O4. The maximum absolute atomic E-state index is 11.7. The number of ketones is 1. The average Bonchev–Trinajstić information content (AvgIpc) is 2.21. The smallest absolute Gasteiger partial charge is 0.317 e. The molecule has 1 atom stereocenters. The van der Waals surface area contributed by atoms with E-state index >= 15 is 0 Å². The molecule has 1 aliphatic carbocycles. The number of aliphatic hydroxyl groups excluding tert-OH is 1. The maximum Gasteiger partial charge on any atom is 0.317 e. The highest BCUT2D eigenvalue weighted by Crippen LogP contribution is 2.38. The fourth-order valence-corrected chi connectivity index (χ4v) is 2.23. The van der Waals surface area contributed by atoms with Crippen LogP contribution < -0.4 is 0 Å². The second-order valence-electron chi connectivity index (χ2n) is 4.20. The molecule has 4 nitrogen and oxygen atoms in total. The Morgan fingerprint density at radius 3 is 2.60 bits per heavy atom. The van der Waals surface area contributed by atoms with Gasteiger partial charge in [0, 0.05) is 13.0 Å². The molecular weight excluding hydrogens is 196 g/mol. The molecule has 86 valence electrons. The topological polar surface area (TPSA) is 74.6 Å². The Kier molecular flexibility index (Phi) is 4.27. The van der Waals surface area contributed by atoms with Crippen LogP contribution in [0.2, 0.25) is 0 Å². The molecule has 1 unspecified atom stereocenters. The Morgan fingerprint density at radius 2 is 2.07 bits per heavy atom. The number of carboxylic acid groups (broad SMARTS) is 1. The molecule has 0 bridgehead atoms. The van der Waals surface area contributed by atoms with Crippen LogP contribution in [0.5, 0.6) is 0 Å². The molecule has 0 spiro atoms. The molecule has 0 aromatic rings. The summed E-state index contributed by atoms with van der Waals surface area (Å²) in [6, 6.07) is 0. The fraction of sp³-hybridized carbons (Fsp3) is 0.818. The third-order valence-electron chi connectivity index (χ3n) is 3.21. The summed E-state index contributed by atoms with van der Waals surface area (Å²) in [5.74, 6) is -1.11. The van der Waals surface area contributed by atoms with Gasteiger partial charge in [-0.25, -0.2) is 0 Å². The first-order valence-electron chi connectivity index (χ1n) is 5.51. The number of aliphatic carboxylic acids is 1. The standard InChI is InChI=1S/C11H18O4/c12-8-4-3-7-11(10(14)15)6-2-1-5-9(11)13/h12H,1-8H2,(H,14,15). The van der Waals surface area contributed by atoms with E-state index in [4.69, 9.17) is 5.11 Å². The largest absolute Gasteiger partial charge is 0.480 e. The number of carboxylic acids is 1. The van der Waals surface area contributed by atoms with Crippen molar-refractivity contribution in [3.63, 3.8) is 0 Å². The Hall–Kier alpha value is -0.900. The number of hydrogen-bond donors (Lipinski definition) is 2. The Balaban J connectivity index is 2.68. The van der Waals surface area contributed by atoms with Gasteiger partial charge in [-0.05, 0) is 32.1 Å². The quantitative estimate of drug-likeness (QED) is 0.535. The summed E-state index contributed by atoms with van der Waals surface area (Å²) in [4.78, 5) is 22.9. The van der Waals surface area contributed by atoms with E-state index in [2.05, 4.69) is 0 Å². The lowest BCUT2D eigenvalue weighted by Gasteiger charge is -2.31. The minimum atomic E-state index is -1.15. The van der Waals surface area contributed by atoms with Gasteiger partial charge in [0.25, 0.3) is 0 Å². The van der Waals surface area contributed by atoms with Crippen molar-refractivity contribution in [1.29, 1.82) is 0 Å². The van der Waals surface area contributed by atoms with Gasteiger partial charge in [-0.1, -0.05) is 6.42 Å². The minimum absolute atomic E-state index is 0.0594.